The summed E-state index contributed by atoms with van der Waals surface area (Å²) in [4.78, 5) is 49.5. The van der Waals surface area contributed by atoms with E-state index in [0.29, 0.717) is 0 Å². The quantitative estimate of drug-likeness (QED) is 0.224. The Kier molecular flexibility index (Phi) is 46.4. The standard InChI is InChI=1S/5C4H8O3/c5*1-4(5)7-3-6-2/h5*3H2,1-2H3. The first kappa shape index (κ1) is 42.3. The van der Waals surface area contributed by atoms with E-state index >= 15 is 0 Å². The van der Waals surface area contributed by atoms with Crippen LogP contribution in [-0.4, -0.2) is 99.4 Å². The number of hydrogen-bond acceptors (Lipinski definition) is 15. The molecule has 0 aliphatic heterocycles. The van der Waals surface area contributed by atoms with E-state index < -0.39 is 0 Å². The Labute approximate surface area is 206 Å². The molecule has 0 aromatic heterocycles. The molecular formula is C20H40O15. The highest BCUT2D eigenvalue weighted by molar-refractivity contribution is 5.66. The van der Waals surface area contributed by atoms with Gasteiger partial charge >= 0.3 is 29.8 Å². The minimum atomic E-state index is -0.318. The van der Waals surface area contributed by atoms with Gasteiger partial charge < -0.3 is 47.4 Å². The molecule has 0 fully saturated rings. The van der Waals surface area contributed by atoms with Crippen molar-refractivity contribution in [1.82, 2.24) is 0 Å². The monoisotopic (exact) mass is 520 g/mol. The first-order valence-corrected chi connectivity index (χ1v) is 9.47. The maximum Gasteiger partial charge on any atom is 0.304 e. The van der Waals surface area contributed by atoms with E-state index in [4.69, 9.17) is 0 Å². The molecule has 0 heterocycles. The van der Waals surface area contributed by atoms with Gasteiger partial charge in [0, 0.05) is 70.2 Å². The van der Waals surface area contributed by atoms with Crippen molar-refractivity contribution in [1.29, 1.82) is 0 Å². The first-order chi connectivity index (χ1) is 16.4. The smallest absolute Gasteiger partial charge is 0.304 e. The van der Waals surface area contributed by atoms with Gasteiger partial charge in [-0.05, 0) is 0 Å². The van der Waals surface area contributed by atoms with Crippen LogP contribution in [0, 0.1) is 0 Å². The molecule has 0 spiro atoms. The van der Waals surface area contributed by atoms with Gasteiger partial charge in [0.1, 0.15) is 0 Å². The highest BCUT2D eigenvalue weighted by Gasteiger charge is 1.87. The maximum atomic E-state index is 9.90. The summed E-state index contributed by atoms with van der Waals surface area (Å²) in [5, 5.41) is 0. The Morgan fingerprint density at radius 3 is 0.486 bits per heavy atom. The van der Waals surface area contributed by atoms with E-state index in [2.05, 4.69) is 47.4 Å². The molecule has 0 saturated carbocycles. The second-order valence-electron chi connectivity index (χ2n) is 5.21. The molecule has 15 nitrogen and oxygen atoms in total. The summed E-state index contributed by atoms with van der Waals surface area (Å²) in [7, 11) is 7.31. The van der Waals surface area contributed by atoms with E-state index in [9.17, 15) is 24.0 Å². The summed E-state index contributed by atoms with van der Waals surface area (Å²) in [6.07, 6.45) is 0. The summed E-state index contributed by atoms with van der Waals surface area (Å²) in [6.45, 7) is 6.92. The average molecular weight is 521 g/mol. The second kappa shape index (κ2) is 38.4. The van der Waals surface area contributed by atoms with Crippen LogP contribution in [0.2, 0.25) is 0 Å². The maximum absolute atomic E-state index is 9.90. The molecule has 0 aromatic rings. The van der Waals surface area contributed by atoms with Crippen molar-refractivity contribution in [2.75, 3.05) is 69.5 Å². The van der Waals surface area contributed by atoms with E-state index in [1.165, 1.54) is 70.2 Å². The van der Waals surface area contributed by atoms with E-state index in [1.54, 1.807) is 0 Å². The molecule has 210 valence electrons. The lowest BCUT2D eigenvalue weighted by Crippen LogP contribution is -2.00. The van der Waals surface area contributed by atoms with Crippen LogP contribution in [0.25, 0.3) is 0 Å². The van der Waals surface area contributed by atoms with Crippen molar-refractivity contribution >= 4 is 29.8 Å². The summed E-state index contributed by atoms with van der Waals surface area (Å²) >= 11 is 0. The van der Waals surface area contributed by atoms with Gasteiger partial charge in [-0.3, -0.25) is 24.0 Å². The molecule has 35 heavy (non-hydrogen) atoms. The highest BCUT2D eigenvalue weighted by Crippen LogP contribution is 1.75. The van der Waals surface area contributed by atoms with Crippen molar-refractivity contribution in [3.05, 3.63) is 0 Å². The van der Waals surface area contributed by atoms with Gasteiger partial charge in [-0.15, -0.1) is 0 Å². The number of carbonyl (C=O) groups is 5. The van der Waals surface area contributed by atoms with E-state index in [1.807, 2.05) is 0 Å². The number of hydrogen-bond donors (Lipinski definition) is 0. The van der Waals surface area contributed by atoms with Gasteiger partial charge in [0.25, 0.3) is 0 Å². The molecule has 0 aliphatic carbocycles. The van der Waals surface area contributed by atoms with Crippen LogP contribution in [0.5, 0.6) is 0 Å². The summed E-state index contributed by atoms with van der Waals surface area (Å²) < 4.78 is 43.7. The minimum Gasteiger partial charge on any atom is -0.439 e. The fourth-order valence-electron chi connectivity index (χ4n) is 0.710. The molecular weight excluding hydrogens is 480 g/mol. The molecule has 0 aromatic carbocycles. The Morgan fingerprint density at radius 2 is 0.457 bits per heavy atom. The molecule has 0 N–H and O–H groups in total. The summed E-state index contributed by atoms with van der Waals surface area (Å²) in [5.74, 6) is -1.59. The van der Waals surface area contributed by atoms with Gasteiger partial charge in [-0.1, -0.05) is 0 Å². The predicted molar refractivity (Wildman–Crippen MR) is 118 cm³/mol. The van der Waals surface area contributed by atoms with Gasteiger partial charge in [-0.25, -0.2) is 0 Å². The van der Waals surface area contributed by atoms with E-state index in [0.717, 1.165) is 0 Å². The van der Waals surface area contributed by atoms with Crippen LogP contribution in [0.3, 0.4) is 0 Å². The fraction of sp³-hybridized carbons (Fsp3) is 0.750. The zero-order valence-corrected chi connectivity index (χ0v) is 22.2. The normalized spacial score (nSPS) is 8.29. The minimum absolute atomic E-state index is 0.0509. The fourth-order valence-corrected chi connectivity index (χ4v) is 0.710. The van der Waals surface area contributed by atoms with Crippen LogP contribution in [0.4, 0.5) is 0 Å². The third-order valence-electron chi connectivity index (χ3n) is 1.90. The van der Waals surface area contributed by atoms with Crippen molar-refractivity contribution in [2.24, 2.45) is 0 Å². The van der Waals surface area contributed by atoms with Crippen molar-refractivity contribution in [3.8, 4) is 0 Å². The van der Waals surface area contributed by atoms with Gasteiger partial charge in [0.05, 0.1) is 0 Å². The number of ether oxygens (including phenoxy) is 10. The van der Waals surface area contributed by atoms with Crippen LogP contribution in [0.15, 0.2) is 0 Å². The second-order valence-corrected chi connectivity index (χ2v) is 5.21. The summed E-state index contributed by atoms with van der Waals surface area (Å²) in [6, 6.07) is 0. The zero-order valence-electron chi connectivity index (χ0n) is 22.2. The number of rotatable bonds is 10. The molecule has 0 saturated heterocycles. The number of carbonyl (C=O) groups excluding carboxylic acids is 5. The lowest BCUT2D eigenvalue weighted by molar-refractivity contribution is -0.152. The third-order valence-corrected chi connectivity index (χ3v) is 1.90. The zero-order chi connectivity index (χ0) is 28.5. The molecule has 0 bridgehead atoms. The lowest BCUT2D eigenvalue weighted by Gasteiger charge is -1.95. The SMILES string of the molecule is COCOC(C)=O.COCOC(C)=O.COCOC(C)=O.COCOC(C)=O.COCOC(C)=O. The Hall–Kier alpha value is -2.85. The van der Waals surface area contributed by atoms with Crippen LogP contribution in [0.1, 0.15) is 34.6 Å². The molecule has 0 amide bonds. The number of methoxy groups -OCH3 is 5. The van der Waals surface area contributed by atoms with Gasteiger partial charge in [0.2, 0.25) is 0 Å². The molecule has 0 unspecified atom stereocenters. The molecule has 0 atom stereocenters. The van der Waals surface area contributed by atoms with Crippen LogP contribution >= 0.6 is 0 Å². The predicted octanol–water partition coefficient (Wildman–Crippen LogP) is 0.767. The Bertz CT molecular complexity index is 404. The largest absolute Gasteiger partial charge is 0.439 e. The van der Waals surface area contributed by atoms with Crippen LogP contribution < -0.4 is 0 Å². The highest BCUT2D eigenvalue weighted by atomic mass is 16.7. The molecule has 0 rings (SSSR count). The lowest BCUT2D eigenvalue weighted by atomic mass is 10.8. The van der Waals surface area contributed by atoms with Crippen molar-refractivity contribution in [2.45, 2.75) is 34.6 Å². The topological polar surface area (TPSA) is 178 Å². The van der Waals surface area contributed by atoms with Gasteiger partial charge in [-0.2, -0.15) is 0 Å². The van der Waals surface area contributed by atoms with E-state index in [-0.39, 0.29) is 63.8 Å². The number of esters is 5. The molecule has 0 aliphatic rings. The van der Waals surface area contributed by atoms with Gasteiger partial charge in [0.15, 0.2) is 34.0 Å². The Morgan fingerprint density at radius 1 is 0.343 bits per heavy atom. The average Bonchev–Trinajstić information content (AvgIpc) is 2.78. The first-order valence-electron chi connectivity index (χ1n) is 9.47. The molecule has 15 heteroatoms. The molecule has 0 radical (unpaired) electrons. The van der Waals surface area contributed by atoms with Crippen molar-refractivity contribution in [3.63, 3.8) is 0 Å². The Balaban J connectivity index is -0.000000107. The van der Waals surface area contributed by atoms with Crippen LogP contribution in [-0.2, 0) is 71.3 Å². The van der Waals surface area contributed by atoms with Crippen molar-refractivity contribution < 1.29 is 71.3 Å². The third kappa shape index (κ3) is 90.0. The summed E-state index contributed by atoms with van der Waals surface area (Å²) in [5.41, 5.74) is 0.